The van der Waals surface area contributed by atoms with Crippen molar-refractivity contribution in [3.8, 4) is 11.5 Å². The zero-order valence-electron chi connectivity index (χ0n) is 17.3. The Morgan fingerprint density at radius 1 is 1.16 bits per heavy atom. The van der Waals surface area contributed by atoms with Crippen LogP contribution >= 0.6 is 46.7 Å². The third-order valence-corrected chi connectivity index (χ3v) is 8.33. The van der Waals surface area contributed by atoms with E-state index in [2.05, 4.69) is 17.5 Å². The first-order chi connectivity index (χ1) is 14.9. The number of rotatable bonds is 9. The van der Waals surface area contributed by atoms with Gasteiger partial charge in [0.05, 0.1) is 23.3 Å². The third kappa shape index (κ3) is 7.24. The lowest BCUT2D eigenvalue weighted by atomic mass is 10.2. The summed E-state index contributed by atoms with van der Waals surface area (Å²) in [6.45, 7) is 4.78. The third-order valence-electron chi connectivity index (χ3n) is 4.45. The predicted octanol–water partition coefficient (Wildman–Crippen LogP) is 6.01. The molecule has 0 bridgehead atoms. The van der Waals surface area contributed by atoms with Crippen LogP contribution < -0.4 is 14.9 Å². The van der Waals surface area contributed by atoms with Gasteiger partial charge in [0.1, 0.15) is 6.61 Å². The van der Waals surface area contributed by atoms with Crippen molar-refractivity contribution in [2.45, 2.75) is 31.0 Å². The fourth-order valence-electron chi connectivity index (χ4n) is 2.96. The zero-order chi connectivity index (χ0) is 22.3. The largest absolute Gasteiger partial charge is 0.490 e. The van der Waals surface area contributed by atoms with E-state index in [1.54, 1.807) is 18.3 Å². The van der Waals surface area contributed by atoms with Crippen LogP contribution in [0.15, 0.2) is 41.5 Å². The van der Waals surface area contributed by atoms with Crippen molar-refractivity contribution in [3.63, 3.8) is 0 Å². The van der Waals surface area contributed by atoms with E-state index in [1.807, 2.05) is 54.7 Å². The average Bonchev–Trinajstić information content (AvgIpc) is 3.14. The highest BCUT2D eigenvalue weighted by molar-refractivity contribution is 8.21. The second kappa shape index (κ2) is 11.4. The molecule has 1 fully saturated rings. The lowest BCUT2D eigenvalue weighted by Crippen LogP contribution is -2.26. The molecule has 1 N–H and O–H groups in total. The highest BCUT2D eigenvalue weighted by atomic mass is 35.5. The van der Waals surface area contributed by atoms with Crippen LogP contribution in [0.25, 0.3) is 0 Å². The highest BCUT2D eigenvalue weighted by Gasteiger charge is 2.32. The number of nitrogens with one attached hydrogen (secondary N) is 1. The number of hydrogen-bond donors (Lipinski definition) is 1. The van der Waals surface area contributed by atoms with Crippen LogP contribution in [0, 0.1) is 0 Å². The summed E-state index contributed by atoms with van der Waals surface area (Å²) in [6, 6.07) is 10.8. The summed E-state index contributed by atoms with van der Waals surface area (Å²) >= 11 is 15.8. The fraction of sp³-hybridized carbons (Fsp3) is 0.364. The molecule has 0 spiro atoms. The second-order valence-electron chi connectivity index (χ2n) is 6.96. The maximum Gasteiger partial charge on any atom is 0.242 e. The Kier molecular flexibility index (Phi) is 8.84. The van der Waals surface area contributed by atoms with E-state index < -0.39 is 0 Å². The number of carbonyl (C=O) groups excluding carboxylic acids is 1. The summed E-state index contributed by atoms with van der Waals surface area (Å²) in [4.78, 5) is 12.2. The Bertz CT molecular complexity index is 950. The summed E-state index contributed by atoms with van der Waals surface area (Å²) < 4.78 is 11.6. The number of benzene rings is 2. The number of halogens is 2. The number of carbonyl (C=O) groups is 1. The molecule has 0 unspecified atom stereocenters. The number of nitrogens with zero attached hydrogens (tertiary/aromatic N) is 1. The Labute approximate surface area is 201 Å². The molecular weight excluding hydrogens is 475 g/mol. The van der Waals surface area contributed by atoms with Gasteiger partial charge >= 0.3 is 0 Å². The van der Waals surface area contributed by atoms with E-state index in [1.165, 1.54) is 0 Å². The summed E-state index contributed by atoms with van der Waals surface area (Å²) in [5, 5.41) is 5.22. The number of ether oxygens (including phenoxy) is 2. The first-order valence-electron chi connectivity index (χ1n) is 9.82. The molecule has 2 aromatic carbocycles. The summed E-state index contributed by atoms with van der Waals surface area (Å²) in [6.07, 6.45) is 2.03. The summed E-state index contributed by atoms with van der Waals surface area (Å²) in [5.41, 5.74) is 4.23. The molecule has 31 heavy (non-hydrogen) atoms. The van der Waals surface area contributed by atoms with Gasteiger partial charge in [0.15, 0.2) is 11.5 Å². The smallest absolute Gasteiger partial charge is 0.242 e. The van der Waals surface area contributed by atoms with Crippen molar-refractivity contribution in [2.24, 2.45) is 5.10 Å². The van der Waals surface area contributed by atoms with E-state index in [-0.39, 0.29) is 16.6 Å². The molecule has 1 saturated heterocycles. The standard InChI is InChI=1S/C22H24Cl2N2O3S2/c1-3-28-20-10-15(13-25-26-21(27)12-22(2)30-8-9-31-22)4-7-19(20)29-14-16-5-6-17(23)11-18(16)24/h4-7,10-11,13H,3,8-9,12,14H2,1-2H3,(H,26,27)/b25-13-. The van der Waals surface area contributed by atoms with Gasteiger partial charge in [0, 0.05) is 27.1 Å². The molecule has 1 aliphatic rings. The normalized spacial score (nSPS) is 15.2. The first-order valence-corrected chi connectivity index (χ1v) is 12.5. The lowest BCUT2D eigenvalue weighted by molar-refractivity contribution is -0.121. The SMILES string of the molecule is CCOc1cc(/C=N\NC(=O)CC2(C)SCCS2)ccc1OCc1ccc(Cl)cc1Cl. The minimum atomic E-state index is -0.0921. The van der Waals surface area contributed by atoms with E-state index in [0.717, 1.165) is 22.6 Å². The van der Waals surface area contributed by atoms with Gasteiger partial charge in [-0.3, -0.25) is 4.79 Å². The molecule has 9 heteroatoms. The van der Waals surface area contributed by atoms with Gasteiger partial charge in [0.2, 0.25) is 5.91 Å². The van der Waals surface area contributed by atoms with Crippen LogP contribution in [-0.4, -0.2) is 34.3 Å². The maximum atomic E-state index is 12.2. The van der Waals surface area contributed by atoms with Crippen molar-refractivity contribution in [1.82, 2.24) is 5.43 Å². The monoisotopic (exact) mass is 498 g/mol. The van der Waals surface area contributed by atoms with Gasteiger partial charge in [0.25, 0.3) is 0 Å². The van der Waals surface area contributed by atoms with Crippen molar-refractivity contribution in [3.05, 3.63) is 57.6 Å². The molecule has 0 atom stereocenters. The van der Waals surface area contributed by atoms with Gasteiger partial charge < -0.3 is 9.47 Å². The van der Waals surface area contributed by atoms with Gasteiger partial charge in [-0.05, 0) is 49.7 Å². The molecule has 1 aliphatic heterocycles. The van der Waals surface area contributed by atoms with Crippen LogP contribution in [0.2, 0.25) is 10.0 Å². The van der Waals surface area contributed by atoms with Gasteiger partial charge in [-0.25, -0.2) is 5.43 Å². The van der Waals surface area contributed by atoms with Gasteiger partial charge in [-0.1, -0.05) is 29.3 Å². The topological polar surface area (TPSA) is 59.9 Å². The molecule has 1 heterocycles. The quantitative estimate of drug-likeness (QED) is 0.338. The minimum absolute atomic E-state index is 0.0618. The molecule has 5 nitrogen and oxygen atoms in total. The molecule has 1 amide bonds. The summed E-state index contributed by atoms with van der Waals surface area (Å²) in [7, 11) is 0. The molecule has 0 aliphatic carbocycles. The Morgan fingerprint density at radius 3 is 2.65 bits per heavy atom. The fourth-order valence-corrected chi connectivity index (χ4v) is 6.25. The molecule has 2 aromatic rings. The van der Waals surface area contributed by atoms with Gasteiger partial charge in [-0.15, -0.1) is 23.5 Å². The van der Waals surface area contributed by atoms with Crippen LogP contribution in [-0.2, 0) is 11.4 Å². The molecule has 166 valence electrons. The average molecular weight is 499 g/mol. The Morgan fingerprint density at radius 2 is 1.94 bits per heavy atom. The molecule has 0 radical (unpaired) electrons. The first kappa shape index (κ1) is 24.1. The number of hydrazone groups is 1. The molecule has 3 rings (SSSR count). The highest BCUT2D eigenvalue weighted by Crippen LogP contribution is 2.45. The Balaban J connectivity index is 1.61. The Hall–Kier alpha value is -1.54. The van der Waals surface area contributed by atoms with Crippen molar-refractivity contribution in [2.75, 3.05) is 18.1 Å². The van der Waals surface area contributed by atoms with Crippen LogP contribution in [0.5, 0.6) is 11.5 Å². The van der Waals surface area contributed by atoms with E-state index in [4.69, 9.17) is 32.7 Å². The minimum Gasteiger partial charge on any atom is -0.490 e. The number of hydrogen-bond acceptors (Lipinski definition) is 6. The lowest BCUT2D eigenvalue weighted by Gasteiger charge is -2.19. The molecular formula is C22H24Cl2N2O3S2. The molecule has 0 saturated carbocycles. The van der Waals surface area contributed by atoms with Crippen LogP contribution in [0.3, 0.4) is 0 Å². The van der Waals surface area contributed by atoms with Crippen LogP contribution in [0.1, 0.15) is 31.4 Å². The second-order valence-corrected chi connectivity index (χ2v) is 11.3. The number of amides is 1. The summed E-state index contributed by atoms with van der Waals surface area (Å²) in [5.74, 6) is 3.25. The van der Waals surface area contributed by atoms with E-state index in [0.29, 0.717) is 34.6 Å². The maximum absolute atomic E-state index is 12.2. The predicted molar refractivity (Wildman–Crippen MR) is 132 cm³/mol. The molecule has 0 aromatic heterocycles. The van der Waals surface area contributed by atoms with Crippen molar-refractivity contribution in [1.29, 1.82) is 0 Å². The van der Waals surface area contributed by atoms with E-state index >= 15 is 0 Å². The van der Waals surface area contributed by atoms with Gasteiger partial charge in [-0.2, -0.15) is 5.10 Å². The zero-order valence-corrected chi connectivity index (χ0v) is 20.5. The number of thioether (sulfide) groups is 2. The van der Waals surface area contributed by atoms with Crippen molar-refractivity contribution < 1.29 is 14.3 Å². The van der Waals surface area contributed by atoms with Crippen LogP contribution in [0.4, 0.5) is 0 Å². The van der Waals surface area contributed by atoms with E-state index in [9.17, 15) is 4.79 Å². The van der Waals surface area contributed by atoms with Crippen molar-refractivity contribution >= 4 is 58.8 Å².